The lowest BCUT2D eigenvalue weighted by atomic mass is 10.0. The van der Waals surface area contributed by atoms with Gasteiger partial charge in [-0.3, -0.25) is 4.98 Å². The Kier molecular flexibility index (Phi) is 3.82. The van der Waals surface area contributed by atoms with E-state index in [-0.39, 0.29) is 10.6 Å². The molecule has 22 heavy (non-hydrogen) atoms. The maximum absolute atomic E-state index is 12.5. The van der Waals surface area contributed by atoms with Crippen molar-refractivity contribution >= 4 is 28.9 Å². The molecule has 0 unspecified atom stereocenters. The molecular weight excluding hydrogens is 340 g/mol. The number of rotatable bonds is 2. The van der Waals surface area contributed by atoms with Gasteiger partial charge in [0, 0.05) is 18.3 Å². The third-order valence-electron chi connectivity index (χ3n) is 3.25. The largest absolute Gasteiger partial charge is 0.573 e. The van der Waals surface area contributed by atoms with Gasteiger partial charge < -0.3 is 10.1 Å². The Balaban J connectivity index is 2.14. The molecule has 0 aliphatic carbocycles. The van der Waals surface area contributed by atoms with Gasteiger partial charge in [0.15, 0.2) is 5.75 Å². The molecule has 1 N–H and O–H groups in total. The Labute approximate surface area is 134 Å². The van der Waals surface area contributed by atoms with Crippen LogP contribution in [0.4, 0.5) is 18.9 Å². The molecule has 0 atom stereocenters. The number of benzene rings is 1. The molecule has 0 radical (unpaired) electrons. The zero-order chi connectivity index (χ0) is 15.9. The van der Waals surface area contributed by atoms with Gasteiger partial charge in [-0.05, 0) is 29.7 Å². The Bertz CT molecular complexity index is 735. The molecule has 3 rings (SSSR count). The second-order valence-electron chi connectivity index (χ2n) is 4.71. The number of ether oxygens (including phenoxy) is 1. The highest BCUT2D eigenvalue weighted by Gasteiger charge is 2.33. The predicted octanol–water partition coefficient (Wildman–Crippen LogP) is 4.92. The molecule has 0 amide bonds. The number of alkyl halides is 3. The summed E-state index contributed by atoms with van der Waals surface area (Å²) in [5, 5.41) is 3.61. The fourth-order valence-electron chi connectivity index (χ4n) is 2.42. The van der Waals surface area contributed by atoms with Crippen molar-refractivity contribution in [2.45, 2.75) is 12.8 Å². The minimum Gasteiger partial charge on any atom is -0.403 e. The molecule has 2 heterocycles. The maximum atomic E-state index is 12.5. The number of hydrogen-bond donors (Lipinski definition) is 1. The van der Waals surface area contributed by atoms with E-state index in [0.29, 0.717) is 10.6 Å². The molecule has 8 heteroatoms. The number of fused-ring (bicyclic) bond motifs is 1. The summed E-state index contributed by atoms with van der Waals surface area (Å²) < 4.78 is 41.6. The van der Waals surface area contributed by atoms with Crippen molar-refractivity contribution in [3.63, 3.8) is 0 Å². The number of pyridine rings is 1. The third-order valence-corrected chi connectivity index (χ3v) is 3.83. The van der Waals surface area contributed by atoms with Gasteiger partial charge in [0.25, 0.3) is 0 Å². The number of nitrogens with one attached hydrogen (secondary N) is 1. The van der Waals surface area contributed by atoms with Crippen molar-refractivity contribution in [3.05, 3.63) is 40.1 Å². The predicted molar refractivity (Wildman–Crippen MR) is 78.6 cm³/mol. The highest BCUT2D eigenvalue weighted by Crippen LogP contribution is 2.42. The number of anilines is 1. The van der Waals surface area contributed by atoms with Gasteiger partial charge in [-0.1, -0.05) is 23.2 Å². The molecule has 1 aliphatic heterocycles. The molecule has 1 aliphatic rings. The van der Waals surface area contributed by atoms with E-state index in [1.165, 1.54) is 6.20 Å². The molecule has 3 nitrogen and oxygen atoms in total. The second-order valence-corrected chi connectivity index (χ2v) is 5.53. The van der Waals surface area contributed by atoms with E-state index in [2.05, 4.69) is 15.0 Å². The van der Waals surface area contributed by atoms with Gasteiger partial charge in [-0.2, -0.15) is 0 Å². The van der Waals surface area contributed by atoms with Crippen LogP contribution in [0.3, 0.4) is 0 Å². The van der Waals surface area contributed by atoms with E-state index in [1.54, 1.807) is 12.1 Å². The maximum Gasteiger partial charge on any atom is 0.573 e. The first kappa shape index (κ1) is 15.2. The molecule has 1 aromatic carbocycles. The molecular formula is C14H9Cl2F3N2O. The smallest absolute Gasteiger partial charge is 0.403 e. The molecule has 1 aromatic heterocycles. The molecule has 2 aromatic rings. The highest BCUT2D eigenvalue weighted by molar-refractivity contribution is 6.35. The van der Waals surface area contributed by atoms with Crippen LogP contribution in [0.1, 0.15) is 5.56 Å². The molecule has 116 valence electrons. The Morgan fingerprint density at radius 1 is 1.14 bits per heavy atom. The fourth-order valence-corrected chi connectivity index (χ4v) is 2.99. The lowest BCUT2D eigenvalue weighted by Crippen LogP contribution is -2.17. The van der Waals surface area contributed by atoms with Gasteiger partial charge in [0.2, 0.25) is 0 Å². The van der Waals surface area contributed by atoms with Gasteiger partial charge in [-0.25, -0.2) is 0 Å². The average Bonchev–Trinajstić information content (AvgIpc) is 2.85. The zero-order valence-corrected chi connectivity index (χ0v) is 12.5. The van der Waals surface area contributed by atoms with E-state index >= 15 is 0 Å². The van der Waals surface area contributed by atoms with Crippen molar-refractivity contribution in [2.75, 3.05) is 11.9 Å². The Morgan fingerprint density at radius 2 is 1.91 bits per heavy atom. The third kappa shape index (κ3) is 2.94. The summed E-state index contributed by atoms with van der Waals surface area (Å²) >= 11 is 12.2. The SMILES string of the molecule is FC(F)(F)Oc1cncc(Cl)c1-c1cc(Cl)c2c(c1)CCN2. The van der Waals surface area contributed by atoms with Crippen LogP contribution in [-0.4, -0.2) is 17.9 Å². The molecule has 0 spiro atoms. The van der Waals surface area contributed by atoms with E-state index < -0.39 is 12.1 Å². The fraction of sp³-hybridized carbons (Fsp3) is 0.214. The van der Waals surface area contributed by atoms with Crippen LogP contribution >= 0.6 is 23.2 Å². The van der Waals surface area contributed by atoms with E-state index in [1.807, 2.05) is 0 Å². The summed E-state index contributed by atoms with van der Waals surface area (Å²) in [6.45, 7) is 0.731. The van der Waals surface area contributed by atoms with E-state index in [4.69, 9.17) is 23.2 Å². The van der Waals surface area contributed by atoms with Crippen LogP contribution in [-0.2, 0) is 6.42 Å². The van der Waals surface area contributed by atoms with Crippen LogP contribution in [0.5, 0.6) is 5.75 Å². The minimum absolute atomic E-state index is 0.0590. The lowest BCUT2D eigenvalue weighted by Gasteiger charge is -2.15. The van der Waals surface area contributed by atoms with Gasteiger partial charge >= 0.3 is 6.36 Å². The van der Waals surface area contributed by atoms with E-state index in [9.17, 15) is 13.2 Å². The van der Waals surface area contributed by atoms with Crippen LogP contribution < -0.4 is 10.1 Å². The van der Waals surface area contributed by atoms with Crippen molar-refractivity contribution < 1.29 is 17.9 Å². The number of aromatic nitrogens is 1. The topological polar surface area (TPSA) is 34.1 Å². The lowest BCUT2D eigenvalue weighted by molar-refractivity contribution is -0.274. The number of nitrogens with zero attached hydrogens (tertiary/aromatic N) is 1. The summed E-state index contributed by atoms with van der Waals surface area (Å²) in [5.74, 6) is -0.457. The number of hydrogen-bond acceptors (Lipinski definition) is 3. The van der Waals surface area contributed by atoms with Crippen LogP contribution in [0.15, 0.2) is 24.5 Å². The summed E-state index contributed by atoms with van der Waals surface area (Å²) in [6, 6.07) is 3.31. The van der Waals surface area contributed by atoms with Crippen molar-refractivity contribution in [1.82, 2.24) is 4.98 Å². The van der Waals surface area contributed by atoms with E-state index in [0.717, 1.165) is 30.4 Å². The first-order valence-corrected chi connectivity index (χ1v) is 7.06. The zero-order valence-electron chi connectivity index (χ0n) is 11.0. The van der Waals surface area contributed by atoms with Gasteiger partial charge in [-0.15, -0.1) is 13.2 Å². The van der Waals surface area contributed by atoms with Crippen LogP contribution in [0.25, 0.3) is 11.1 Å². The van der Waals surface area contributed by atoms with Crippen molar-refractivity contribution in [1.29, 1.82) is 0 Å². The first-order chi connectivity index (χ1) is 10.3. The first-order valence-electron chi connectivity index (χ1n) is 6.31. The summed E-state index contributed by atoms with van der Waals surface area (Å²) in [7, 11) is 0. The Morgan fingerprint density at radius 3 is 2.64 bits per heavy atom. The van der Waals surface area contributed by atoms with Crippen molar-refractivity contribution in [3.8, 4) is 16.9 Å². The van der Waals surface area contributed by atoms with Gasteiger partial charge in [0.1, 0.15) is 0 Å². The van der Waals surface area contributed by atoms with Crippen LogP contribution in [0.2, 0.25) is 10.0 Å². The minimum atomic E-state index is -4.83. The van der Waals surface area contributed by atoms with Crippen molar-refractivity contribution in [2.24, 2.45) is 0 Å². The van der Waals surface area contributed by atoms with Crippen LogP contribution in [0, 0.1) is 0 Å². The quantitative estimate of drug-likeness (QED) is 0.836. The molecule has 0 saturated heterocycles. The monoisotopic (exact) mass is 348 g/mol. The molecule has 0 bridgehead atoms. The highest BCUT2D eigenvalue weighted by atomic mass is 35.5. The standard InChI is InChI=1S/C14H9Cl2F3N2O/c15-9-4-8(3-7-1-2-21-13(7)9)12-10(16)5-20-6-11(12)22-14(17,18)19/h3-6,21H,1-2H2. The normalized spacial score (nSPS) is 13.7. The Hall–Kier alpha value is -1.66. The summed E-state index contributed by atoms with van der Waals surface area (Å²) in [6.07, 6.45) is -1.85. The number of halogens is 5. The molecule has 0 fully saturated rings. The van der Waals surface area contributed by atoms with Gasteiger partial charge in [0.05, 0.1) is 21.9 Å². The summed E-state index contributed by atoms with van der Waals surface area (Å²) in [4.78, 5) is 3.65. The average molecular weight is 349 g/mol. The summed E-state index contributed by atoms with van der Waals surface area (Å²) in [5.41, 5.74) is 2.30. The molecule has 0 saturated carbocycles. The second kappa shape index (κ2) is 5.52.